The van der Waals surface area contributed by atoms with Gasteiger partial charge in [0.1, 0.15) is 0 Å². The number of nitrogens with zero attached hydrogens (tertiary/aromatic N) is 1. The monoisotopic (exact) mass is 478 g/mol. The molecule has 0 radical (unpaired) electrons. The number of carbonyl (C=O) groups is 1. The Morgan fingerprint density at radius 2 is 1.91 bits per heavy atom. The van der Waals surface area contributed by atoms with Crippen LogP contribution in [0.3, 0.4) is 0 Å². The molecule has 1 fully saturated rings. The van der Waals surface area contributed by atoms with Crippen molar-refractivity contribution in [3.63, 3.8) is 0 Å². The van der Waals surface area contributed by atoms with Crippen LogP contribution in [0.2, 0.25) is 0 Å². The van der Waals surface area contributed by atoms with Crippen molar-refractivity contribution in [2.24, 2.45) is 0 Å². The fraction of sp³-hybridized carbons (Fsp3) is 0.458. The van der Waals surface area contributed by atoms with Gasteiger partial charge in [-0.1, -0.05) is 48.5 Å². The van der Waals surface area contributed by atoms with Crippen LogP contribution in [0, 0.1) is 0 Å². The smallest absolute Gasteiger partial charge is 0.410 e. The number of carbonyl (C=O) groups excluding carboxylic acids is 1. The summed E-state index contributed by atoms with van der Waals surface area (Å²) in [6.45, 7) is 0.398. The molecular weight excluding hydrogens is 450 g/mol. The van der Waals surface area contributed by atoms with E-state index >= 15 is 8.78 Å². The molecule has 0 aromatic heterocycles. The van der Waals surface area contributed by atoms with E-state index in [-0.39, 0.29) is 25.0 Å². The van der Waals surface area contributed by atoms with Gasteiger partial charge in [0.25, 0.3) is 5.92 Å². The lowest BCUT2D eigenvalue weighted by atomic mass is 9.91. The number of ether oxygens (including phenoxy) is 1. The summed E-state index contributed by atoms with van der Waals surface area (Å²) in [6.07, 6.45) is 1.58. The average Bonchev–Trinajstić information content (AvgIpc) is 3.13. The molecule has 4 rings (SSSR count). The van der Waals surface area contributed by atoms with Crippen molar-refractivity contribution in [3.05, 3.63) is 59.7 Å². The van der Waals surface area contributed by atoms with Crippen molar-refractivity contribution in [3.8, 4) is 11.1 Å². The number of rotatable bonds is 2. The number of benzene rings is 2. The van der Waals surface area contributed by atoms with E-state index in [0.717, 1.165) is 11.8 Å². The van der Waals surface area contributed by atoms with Crippen molar-refractivity contribution in [1.82, 2.24) is 9.62 Å². The van der Waals surface area contributed by atoms with Crippen LogP contribution in [0.5, 0.6) is 0 Å². The van der Waals surface area contributed by atoms with Crippen LogP contribution >= 0.6 is 0 Å². The summed E-state index contributed by atoms with van der Waals surface area (Å²) in [4.78, 5) is 14.3. The molecule has 2 unspecified atom stereocenters. The van der Waals surface area contributed by atoms with E-state index in [1.807, 2.05) is 12.1 Å². The Bertz CT molecular complexity index is 1120. The van der Waals surface area contributed by atoms with Crippen molar-refractivity contribution >= 4 is 16.1 Å². The summed E-state index contributed by atoms with van der Waals surface area (Å²) in [5.74, 6) is -3.01. The fourth-order valence-corrected chi connectivity index (χ4v) is 5.56. The van der Waals surface area contributed by atoms with Gasteiger partial charge in [-0.3, -0.25) is 0 Å². The highest BCUT2D eigenvalue weighted by atomic mass is 32.2. The fourth-order valence-electron chi connectivity index (χ4n) is 4.73. The third-order valence-electron chi connectivity index (χ3n) is 6.26. The number of sulfonamides is 1. The van der Waals surface area contributed by atoms with E-state index in [1.54, 1.807) is 35.2 Å². The molecule has 6 nitrogen and oxygen atoms in total. The Hall–Kier alpha value is -2.52. The van der Waals surface area contributed by atoms with E-state index < -0.39 is 34.1 Å². The molecule has 2 aliphatic heterocycles. The molecule has 0 saturated carbocycles. The van der Waals surface area contributed by atoms with Crippen molar-refractivity contribution in [2.75, 3.05) is 19.4 Å². The lowest BCUT2D eigenvalue weighted by Crippen LogP contribution is -2.47. The molecule has 178 valence electrons. The maximum Gasteiger partial charge on any atom is 0.410 e. The molecule has 2 atom stereocenters. The van der Waals surface area contributed by atoms with E-state index in [1.165, 1.54) is 6.07 Å². The standard InChI is InChI=1S/C24H28F2N2O4S/c1-33(30,31)27-21-11-13-28-22(21)16-17-7-6-8-18(15-17)19-9-2-3-10-20(19)24(25,26)12-4-5-14-32-23(28)29/h2-3,6-10,15,21-22,27H,4-5,11-14,16H2,1H3. The Morgan fingerprint density at radius 3 is 2.70 bits per heavy atom. The Kier molecular flexibility index (Phi) is 6.72. The average molecular weight is 479 g/mol. The highest BCUT2D eigenvalue weighted by Crippen LogP contribution is 2.40. The van der Waals surface area contributed by atoms with Gasteiger partial charge in [-0.25, -0.2) is 26.7 Å². The third kappa shape index (κ3) is 5.52. The highest BCUT2D eigenvalue weighted by Gasteiger charge is 2.39. The predicted molar refractivity (Wildman–Crippen MR) is 122 cm³/mol. The first kappa shape index (κ1) is 23.6. The summed E-state index contributed by atoms with van der Waals surface area (Å²) in [5, 5.41) is 0. The molecule has 1 saturated heterocycles. The molecule has 2 bridgehead atoms. The highest BCUT2D eigenvalue weighted by molar-refractivity contribution is 7.88. The van der Waals surface area contributed by atoms with Crippen LogP contribution in [0.25, 0.3) is 11.1 Å². The molecule has 33 heavy (non-hydrogen) atoms. The summed E-state index contributed by atoms with van der Waals surface area (Å²) < 4.78 is 62.0. The predicted octanol–water partition coefficient (Wildman–Crippen LogP) is 4.30. The van der Waals surface area contributed by atoms with Crippen molar-refractivity contribution < 1.29 is 26.7 Å². The first-order chi connectivity index (χ1) is 15.6. The molecule has 1 N–H and O–H groups in total. The third-order valence-corrected chi connectivity index (χ3v) is 6.99. The largest absolute Gasteiger partial charge is 0.449 e. The second-order valence-electron chi connectivity index (χ2n) is 8.77. The number of halogens is 2. The number of hydrogen-bond donors (Lipinski definition) is 1. The maximum absolute atomic E-state index is 15.1. The Balaban J connectivity index is 1.74. The maximum atomic E-state index is 15.1. The zero-order valence-electron chi connectivity index (χ0n) is 18.5. The first-order valence-corrected chi connectivity index (χ1v) is 13.0. The SMILES string of the molecule is CS(=O)(=O)NC1CCN2C(=O)OCCCCC(F)(F)c3ccccc3-c3cccc(c3)CC12. The molecular formula is C24H28F2N2O4S. The second kappa shape index (κ2) is 9.38. The van der Waals surface area contributed by atoms with Gasteiger partial charge in [-0.2, -0.15) is 0 Å². The van der Waals surface area contributed by atoms with E-state index in [2.05, 4.69) is 4.72 Å². The van der Waals surface area contributed by atoms with Gasteiger partial charge in [0.15, 0.2) is 0 Å². The van der Waals surface area contributed by atoms with E-state index in [0.29, 0.717) is 36.9 Å². The molecule has 9 heteroatoms. The summed E-state index contributed by atoms with van der Waals surface area (Å²) >= 11 is 0. The molecule has 0 aliphatic carbocycles. The summed E-state index contributed by atoms with van der Waals surface area (Å²) in [5.41, 5.74) is 1.94. The van der Waals surface area contributed by atoms with Crippen molar-refractivity contribution in [2.45, 2.75) is 50.1 Å². The first-order valence-electron chi connectivity index (χ1n) is 11.1. The van der Waals surface area contributed by atoms with Crippen LogP contribution in [0.4, 0.5) is 13.6 Å². The second-order valence-corrected chi connectivity index (χ2v) is 10.6. The summed E-state index contributed by atoms with van der Waals surface area (Å²) in [6, 6.07) is 12.9. The minimum absolute atomic E-state index is 0.0203. The normalized spacial score (nSPS) is 23.6. The lowest BCUT2D eigenvalue weighted by molar-refractivity contribution is -0.0163. The van der Waals surface area contributed by atoms with Gasteiger partial charge in [0.2, 0.25) is 10.0 Å². The van der Waals surface area contributed by atoms with Crippen LogP contribution in [0.15, 0.2) is 48.5 Å². The van der Waals surface area contributed by atoms with Crippen LogP contribution in [-0.2, 0) is 27.1 Å². The number of hydrogen-bond acceptors (Lipinski definition) is 4. The molecule has 2 aromatic carbocycles. The van der Waals surface area contributed by atoms with E-state index in [9.17, 15) is 13.2 Å². The molecule has 0 spiro atoms. The van der Waals surface area contributed by atoms with Gasteiger partial charge in [-0.05, 0) is 42.4 Å². The number of fused-ring (bicyclic) bond motifs is 5. The van der Waals surface area contributed by atoms with Crippen LogP contribution in [0.1, 0.15) is 36.8 Å². The van der Waals surface area contributed by atoms with Gasteiger partial charge < -0.3 is 9.64 Å². The lowest BCUT2D eigenvalue weighted by Gasteiger charge is -2.28. The molecule has 1 amide bonds. The van der Waals surface area contributed by atoms with Crippen LogP contribution in [-0.4, -0.2) is 50.9 Å². The van der Waals surface area contributed by atoms with Gasteiger partial charge in [-0.15, -0.1) is 0 Å². The molecule has 2 aromatic rings. The molecule has 2 heterocycles. The zero-order chi connectivity index (χ0) is 23.6. The number of alkyl halides is 2. The molecule has 2 aliphatic rings. The minimum atomic E-state index is -3.48. The topological polar surface area (TPSA) is 75.7 Å². The summed E-state index contributed by atoms with van der Waals surface area (Å²) in [7, 11) is -3.48. The number of nitrogens with one attached hydrogen (secondary N) is 1. The zero-order valence-corrected chi connectivity index (χ0v) is 19.3. The number of amides is 1. The van der Waals surface area contributed by atoms with E-state index in [4.69, 9.17) is 4.74 Å². The van der Waals surface area contributed by atoms with Crippen molar-refractivity contribution in [1.29, 1.82) is 0 Å². The Labute approximate surface area is 193 Å². The van der Waals surface area contributed by atoms with Crippen LogP contribution < -0.4 is 4.72 Å². The Morgan fingerprint density at radius 1 is 1.12 bits per heavy atom. The minimum Gasteiger partial charge on any atom is -0.449 e. The number of cyclic esters (lactones) is 1. The van der Waals surface area contributed by atoms with Gasteiger partial charge >= 0.3 is 6.09 Å². The van der Waals surface area contributed by atoms with Gasteiger partial charge in [0, 0.05) is 24.6 Å². The van der Waals surface area contributed by atoms with Gasteiger partial charge in [0.05, 0.1) is 18.9 Å². The quantitative estimate of drug-likeness (QED) is 0.698.